The molecule has 0 aliphatic heterocycles. The highest BCUT2D eigenvalue weighted by molar-refractivity contribution is 5.78. The van der Waals surface area contributed by atoms with Crippen molar-refractivity contribution < 1.29 is 32.6 Å². The summed E-state index contributed by atoms with van der Waals surface area (Å²) in [6.45, 7) is 1.40. The predicted octanol–water partition coefficient (Wildman–Crippen LogP) is 4.53. The Balaban J connectivity index is 2.29. The Morgan fingerprint density at radius 1 is 1.18 bits per heavy atom. The van der Waals surface area contributed by atoms with Crippen molar-refractivity contribution in [2.45, 2.75) is 37.8 Å². The van der Waals surface area contributed by atoms with Crippen molar-refractivity contribution in [3.05, 3.63) is 71.3 Å². The van der Waals surface area contributed by atoms with Crippen LogP contribution >= 0.6 is 0 Å². The molecule has 2 unspecified atom stereocenters. The van der Waals surface area contributed by atoms with E-state index in [1.165, 1.54) is 18.2 Å². The van der Waals surface area contributed by atoms with E-state index in [2.05, 4.69) is 4.99 Å². The molecule has 148 valence electrons. The van der Waals surface area contributed by atoms with E-state index in [0.717, 1.165) is 12.1 Å². The number of ether oxygens (including phenoxy) is 1. The molecule has 2 aromatic carbocycles. The summed E-state index contributed by atoms with van der Waals surface area (Å²) in [5, 5.41) is 9.63. The smallest absolute Gasteiger partial charge is 0.416 e. The summed E-state index contributed by atoms with van der Waals surface area (Å²) in [5.74, 6) is -2.21. The summed E-state index contributed by atoms with van der Waals surface area (Å²) in [5.41, 5.74) is -2.20. The molecule has 0 heterocycles. The average molecular weight is 393 g/mol. The second-order valence-corrected chi connectivity index (χ2v) is 6.30. The van der Waals surface area contributed by atoms with Crippen LogP contribution in [0.25, 0.3) is 0 Å². The van der Waals surface area contributed by atoms with E-state index in [1.54, 1.807) is 37.3 Å². The van der Waals surface area contributed by atoms with E-state index in [1.807, 2.05) is 0 Å². The van der Waals surface area contributed by atoms with Crippen LogP contribution in [0.3, 0.4) is 0 Å². The van der Waals surface area contributed by atoms with Gasteiger partial charge in [0.25, 0.3) is 5.72 Å². The molecule has 5 nitrogen and oxygen atoms in total. The van der Waals surface area contributed by atoms with Gasteiger partial charge in [-0.05, 0) is 23.1 Å². The second kappa shape index (κ2) is 8.82. The molecule has 0 amide bonds. The highest BCUT2D eigenvalue weighted by Gasteiger charge is 2.42. The summed E-state index contributed by atoms with van der Waals surface area (Å²) in [6, 6.07) is 13.2. The number of carboxylic acid groups (broad SMARTS) is 1. The number of isocyanates is 1. The molecule has 0 saturated carbocycles. The zero-order valence-electron chi connectivity index (χ0n) is 14.9. The van der Waals surface area contributed by atoms with E-state index < -0.39 is 29.4 Å². The third kappa shape index (κ3) is 5.28. The van der Waals surface area contributed by atoms with Crippen molar-refractivity contribution in [1.82, 2.24) is 0 Å². The first-order chi connectivity index (χ1) is 13.2. The number of carbonyl (C=O) groups excluding carboxylic acids is 1. The van der Waals surface area contributed by atoms with Gasteiger partial charge in [0.1, 0.15) is 0 Å². The van der Waals surface area contributed by atoms with Gasteiger partial charge in [0, 0.05) is 6.42 Å². The zero-order valence-corrected chi connectivity index (χ0v) is 14.9. The largest absolute Gasteiger partial charge is 0.478 e. The van der Waals surface area contributed by atoms with Crippen LogP contribution in [0.5, 0.6) is 0 Å². The van der Waals surface area contributed by atoms with Crippen molar-refractivity contribution in [2.75, 3.05) is 0 Å². The van der Waals surface area contributed by atoms with Gasteiger partial charge >= 0.3 is 12.1 Å². The van der Waals surface area contributed by atoms with Gasteiger partial charge < -0.3 is 9.84 Å². The number of carboxylic acids is 1. The van der Waals surface area contributed by atoms with Crippen LogP contribution in [0.1, 0.15) is 36.0 Å². The zero-order chi connectivity index (χ0) is 20.8. The van der Waals surface area contributed by atoms with Crippen molar-refractivity contribution in [1.29, 1.82) is 0 Å². The molecule has 0 bridgehead atoms. The van der Waals surface area contributed by atoms with E-state index in [-0.39, 0.29) is 18.6 Å². The fourth-order valence-corrected chi connectivity index (χ4v) is 2.74. The first kappa shape index (κ1) is 21.3. The number of aliphatic carboxylic acids is 1. The van der Waals surface area contributed by atoms with Gasteiger partial charge in [0.05, 0.1) is 12.2 Å². The van der Waals surface area contributed by atoms with Crippen LogP contribution in [-0.2, 0) is 27.1 Å². The van der Waals surface area contributed by atoms with Gasteiger partial charge in [-0.2, -0.15) is 18.2 Å². The number of alkyl halides is 3. The van der Waals surface area contributed by atoms with Gasteiger partial charge in [0.15, 0.2) is 0 Å². The number of hydrogen-bond donors (Lipinski definition) is 1. The molecule has 0 radical (unpaired) electrons. The fourth-order valence-electron chi connectivity index (χ4n) is 2.74. The molecule has 8 heteroatoms. The molecule has 28 heavy (non-hydrogen) atoms. The molecular weight excluding hydrogens is 375 g/mol. The average Bonchev–Trinajstić information content (AvgIpc) is 2.66. The molecule has 2 atom stereocenters. The van der Waals surface area contributed by atoms with E-state index in [0.29, 0.717) is 5.56 Å². The first-order valence-electron chi connectivity index (χ1n) is 8.35. The van der Waals surface area contributed by atoms with Crippen LogP contribution in [0.2, 0.25) is 0 Å². The Hall–Kier alpha value is -2.96. The molecule has 0 aliphatic carbocycles. The first-order valence-corrected chi connectivity index (χ1v) is 8.35. The Morgan fingerprint density at radius 3 is 2.43 bits per heavy atom. The summed E-state index contributed by atoms with van der Waals surface area (Å²) in [7, 11) is 0. The molecular formula is C20H18F3NO4. The summed E-state index contributed by atoms with van der Waals surface area (Å²) >= 11 is 0. The third-order valence-electron chi connectivity index (χ3n) is 4.25. The van der Waals surface area contributed by atoms with Gasteiger partial charge in [-0.3, -0.25) is 0 Å². The third-order valence-corrected chi connectivity index (χ3v) is 4.25. The molecule has 2 aromatic rings. The van der Waals surface area contributed by atoms with E-state index in [4.69, 9.17) is 4.74 Å². The van der Waals surface area contributed by atoms with Crippen molar-refractivity contribution in [3.8, 4) is 0 Å². The van der Waals surface area contributed by atoms with Gasteiger partial charge in [-0.1, -0.05) is 55.5 Å². The minimum Gasteiger partial charge on any atom is -0.478 e. The maximum absolute atomic E-state index is 12.9. The maximum atomic E-state index is 12.9. The van der Waals surface area contributed by atoms with Crippen LogP contribution in [-0.4, -0.2) is 22.9 Å². The lowest BCUT2D eigenvalue weighted by molar-refractivity contribution is -0.168. The van der Waals surface area contributed by atoms with Crippen molar-refractivity contribution in [3.63, 3.8) is 0 Å². The van der Waals surface area contributed by atoms with Crippen LogP contribution in [0, 0.1) is 0 Å². The lowest BCUT2D eigenvalue weighted by Gasteiger charge is -2.27. The lowest BCUT2D eigenvalue weighted by Crippen LogP contribution is -2.41. The second-order valence-electron chi connectivity index (χ2n) is 6.30. The maximum Gasteiger partial charge on any atom is 0.416 e. The number of aliphatic imine (C=N–C) groups is 1. The number of benzene rings is 2. The Kier molecular flexibility index (Phi) is 6.72. The van der Waals surface area contributed by atoms with E-state index in [9.17, 15) is 27.9 Å². The number of rotatable bonds is 8. The van der Waals surface area contributed by atoms with Crippen molar-refractivity contribution >= 4 is 12.0 Å². The normalized spacial score (nSPS) is 14.6. The minimum atomic E-state index is -4.52. The number of carbonyl (C=O) groups is 1. The van der Waals surface area contributed by atoms with Crippen LogP contribution in [0.4, 0.5) is 13.2 Å². The summed E-state index contributed by atoms with van der Waals surface area (Å²) in [4.78, 5) is 26.1. The standard InChI is InChI=1S/C20H18F3NO4/c1-14(16-8-5-9-17(10-16)20(21,22)23)11-19(18(26)27,24-13-25)28-12-15-6-3-2-4-7-15/h2-10,14H,11-12H2,1H3,(H,26,27). The predicted molar refractivity (Wildman–Crippen MR) is 94.2 cm³/mol. The Bertz CT molecular complexity index is 859. The van der Waals surface area contributed by atoms with E-state index >= 15 is 0 Å². The molecule has 0 fully saturated rings. The number of halogens is 3. The molecule has 0 spiro atoms. The highest BCUT2D eigenvalue weighted by atomic mass is 19.4. The highest BCUT2D eigenvalue weighted by Crippen LogP contribution is 2.34. The molecule has 1 N–H and O–H groups in total. The lowest BCUT2D eigenvalue weighted by atomic mass is 9.90. The SMILES string of the molecule is CC(CC(N=C=O)(OCc1ccccc1)C(=O)O)c1cccc(C(F)(F)F)c1. The molecule has 0 saturated heterocycles. The van der Waals surface area contributed by atoms with Crippen LogP contribution < -0.4 is 0 Å². The molecule has 0 aliphatic rings. The summed E-state index contributed by atoms with van der Waals surface area (Å²) in [6.07, 6.45) is -3.66. The topological polar surface area (TPSA) is 76.0 Å². The van der Waals surface area contributed by atoms with Gasteiger partial charge in [-0.15, -0.1) is 0 Å². The summed E-state index contributed by atoms with van der Waals surface area (Å²) < 4.78 is 44.3. The number of nitrogens with zero attached hydrogens (tertiary/aromatic N) is 1. The molecule has 2 rings (SSSR count). The van der Waals surface area contributed by atoms with Gasteiger partial charge in [0.2, 0.25) is 6.08 Å². The molecule has 0 aromatic heterocycles. The monoisotopic (exact) mass is 393 g/mol. The Labute approximate surface area is 159 Å². The quantitative estimate of drug-likeness (QED) is 0.528. The van der Waals surface area contributed by atoms with Gasteiger partial charge in [-0.25, -0.2) is 9.59 Å². The Morgan fingerprint density at radius 2 is 1.86 bits per heavy atom. The number of hydrogen-bond acceptors (Lipinski definition) is 4. The minimum absolute atomic E-state index is 0.145. The van der Waals surface area contributed by atoms with Crippen LogP contribution in [0.15, 0.2) is 59.6 Å². The van der Waals surface area contributed by atoms with Crippen molar-refractivity contribution in [2.24, 2.45) is 4.99 Å². The fraction of sp³-hybridized carbons (Fsp3) is 0.300.